The van der Waals surface area contributed by atoms with E-state index in [4.69, 9.17) is 11.6 Å². The summed E-state index contributed by atoms with van der Waals surface area (Å²) in [5.74, 6) is -0.637. The fourth-order valence-corrected chi connectivity index (χ4v) is 3.91. The molecule has 162 valence electrons. The molecule has 1 aromatic heterocycles. The van der Waals surface area contributed by atoms with E-state index in [1.54, 1.807) is 48.5 Å². The predicted molar refractivity (Wildman–Crippen MR) is 125 cm³/mol. The summed E-state index contributed by atoms with van der Waals surface area (Å²) in [7, 11) is 0. The van der Waals surface area contributed by atoms with Gasteiger partial charge in [0, 0.05) is 23.2 Å². The van der Waals surface area contributed by atoms with Crippen LogP contribution in [0.1, 0.15) is 36.6 Å². The molecule has 0 saturated carbocycles. The number of imidazole rings is 1. The van der Waals surface area contributed by atoms with Crippen LogP contribution in [0.15, 0.2) is 83.5 Å². The number of carbonyl (C=O) groups is 3. The number of para-hydroxylation sites is 2. The Bertz CT molecular complexity index is 1420. The predicted octanol–water partition coefficient (Wildman–Crippen LogP) is 4.43. The van der Waals surface area contributed by atoms with E-state index in [1.165, 1.54) is 0 Å². The van der Waals surface area contributed by atoms with Crippen molar-refractivity contribution in [3.8, 4) is 0 Å². The average Bonchev–Trinajstić information content (AvgIpc) is 3.25. The highest BCUT2D eigenvalue weighted by atomic mass is 35.5. The quantitative estimate of drug-likeness (QED) is 0.412. The molecule has 0 aliphatic heterocycles. The zero-order valence-electron chi connectivity index (χ0n) is 17.2. The molecule has 0 fully saturated rings. The number of benzene rings is 3. The molecule has 1 aliphatic rings. The van der Waals surface area contributed by atoms with Crippen LogP contribution in [0.5, 0.6) is 0 Å². The second-order valence-electron chi connectivity index (χ2n) is 7.50. The van der Waals surface area contributed by atoms with E-state index in [2.05, 4.69) is 20.6 Å². The van der Waals surface area contributed by atoms with E-state index in [-0.39, 0.29) is 34.7 Å². The summed E-state index contributed by atoms with van der Waals surface area (Å²) in [4.78, 5) is 45.2. The van der Waals surface area contributed by atoms with Crippen LogP contribution < -0.4 is 10.6 Å². The number of nitrogens with zero attached hydrogens (tertiary/aromatic N) is 1. The van der Waals surface area contributed by atoms with E-state index in [0.29, 0.717) is 22.6 Å². The molecule has 0 atom stereocenters. The zero-order valence-corrected chi connectivity index (χ0v) is 17.9. The van der Waals surface area contributed by atoms with Crippen molar-refractivity contribution in [2.45, 2.75) is 6.54 Å². The first-order valence-electron chi connectivity index (χ1n) is 10.2. The molecule has 1 heterocycles. The van der Waals surface area contributed by atoms with Gasteiger partial charge in [-0.1, -0.05) is 60.1 Å². The zero-order chi connectivity index (χ0) is 22.9. The van der Waals surface area contributed by atoms with Gasteiger partial charge in [-0.2, -0.15) is 0 Å². The highest BCUT2D eigenvalue weighted by Crippen LogP contribution is 2.27. The molecular weight excluding hydrogens is 440 g/mol. The monoisotopic (exact) mass is 456 g/mol. The summed E-state index contributed by atoms with van der Waals surface area (Å²) in [5.41, 5.74) is 3.57. The number of hydrogen-bond donors (Lipinski definition) is 3. The molecule has 0 saturated heterocycles. The molecule has 3 aromatic carbocycles. The molecule has 3 N–H and O–H groups in total. The Labute approximate surface area is 193 Å². The van der Waals surface area contributed by atoms with Crippen molar-refractivity contribution in [2.24, 2.45) is 0 Å². The lowest BCUT2D eigenvalue weighted by atomic mass is 9.92. The van der Waals surface area contributed by atoms with Gasteiger partial charge in [-0.15, -0.1) is 0 Å². The van der Waals surface area contributed by atoms with Gasteiger partial charge in [0.25, 0.3) is 5.91 Å². The van der Waals surface area contributed by atoms with E-state index >= 15 is 0 Å². The lowest BCUT2D eigenvalue weighted by Gasteiger charge is -2.19. The molecule has 4 aromatic rings. The fourth-order valence-electron chi connectivity index (χ4n) is 3.66. The first-order chi connectivity index (χ1) is 16.0. The highest BCUT2D eigenvalue weighted by molar-refractivity contribution is 6.49. The summed E-state index contributed by atoms with van der Waals surface area (Å²) in [5, 5.41) is 5.60. The van der Waals surface area contributed by atoms with Gasteiger partial charge in [0.15, 0.2) is 0 Å². The van der Waals surface area contributed by atoms with E-state index in [9.17, 15) is 14.4 Å². The number of anilines is 1. The van der Waals surface area contributed by atoms with Gasteiger partial charge in [0.1, 0.15) is 10.7 Å². The number of carbonyl (C=O) groups excluding carboxylic acids is 3. The Kier molecular flexibility index (Phi) is 5.24. The number of halogens is 1. The number of allylic oxidation sites excluding steroid dienone is 2. The molecule has 1 aliphatic carbocycles. The SMILES string of the molecule is O=C(Nc1nc2ccccc2[nH]1)c1ccc(CNC2=C(Cl)C(=O)c3ccccc3C2=O)cc1. The van der Waals surface area contributed by atoms with Gasteiger partial charge >= 0.3 is 0 Å². The molecule has 0 bridgehead atoms. The Morgan fingerprint density at radius 3 is 2.27 bits per heavy atom. The van der Waals surface area contributed by atoms with Crippen molar-refractivity contribution in [2.75, 3.05) is 5.32 Å². The van der Waals surface area contributed by atoms with E-state index < -0.39 is 0 Å². The lowest BCUT2D eigenvalue weighted by Crippen LogP contribution is -2.28. The standard InChI is InChI=1S/C25H17ClN4O3/c26-20-21(23(32)17-6-2-1-5-16(17)22(20)31)27-13-14-9-11-15(12-10-14)24(33)30-25-28-18-7-3-4-8-19(18)29-25/h1-12,27H,13H2,(H2,28,29,30,33). The number of amides is 1. The molecular formula is C25H17ClN4O3. The molecule has 7 nitrogen and oxygen atoms in total. The first kappa shape index (κ1) is 20.7. The minimum Gasteiger partial charge on any atom is -0.376 e. The van der Waals surface area contributed by atoms with Crippen LogP contribution in [0.3, 0.4) is 0 Å². The van der Waals surface area contributed by atoms with Crippen molar-refractivity contribution >= 4 is 46.1 Å². The van der Waals surface area contributed by atoms with Crippen LogP contribution in [-0.4, -0.2) is 27.4 Å². The molecule has 0 radical (unpaired) electrons. The average molecular weight is 457 g/mol. The van der Waals surface area contributed by atoms with Gasteiger partial charge in [0.05, 0.1) is 11.0 Å². The topological polar surface area (TPSA) is 104 Å². The normalized spacial score (nSPS) is 13.2. The highest BCUT2D eigenvalue weighted by Gasteiger charge is 2.30. The molecule has 0 unspecified atom stereocenters. The van der Waals surface area contributed by atoms with Gasteiger partial charge < -0.3 is 10.3 Å². The number of hydrogen-bond acceptors (Lipinski definition) is 5. The molecule has 0 spiro atoms. The van der Waals surface area contributed by atoms with Crippen molar-refractivity contribution in [1.82, 2.24) is 15.3 Å². The number of aromatic amines is 1. The number of Topliss-reactive ketones (excluding diaryl/α,β-unsaturated/α-hetero) is 2. The Balaban J connectivity index is 1.26. The third-order valence-corrected chi connectivity index (χ3v) is 5.73. The van der Waals surface area contributed by atoms with Crippen molar-refractivity contribution in [1.29, 1.82) is 0 Å². The second kappa shape index (κ2) is 8.37. The number of nitrogens with one attached hydrogen (secondary N) is 3. The smallest absolute Gasteiger partial charge is 0.257 e. The minimum atomic E-state index is -0.382. The van der Waals surface area contributed by atoms with E-state index in [1.807, 2.05) is 24.3 Å². The maximum absolute atomic E-state index is 12.8. The number of ketones is 2. The van der Waals surface area contributed by atoms with Crippen LogP contribution in [0.25, 0.3) is 11.0 Å². The van der Waals surface area contributed by atoms with Crippen molar-refractivity contribution < 1.29 is 14.4 Å². The maximum Gasteiger partial charge on any atom is 0.257 e. The van der Waals surface area contributed by atoms with Gasteiger partial charge in [-0.3, -0.25) is 19.7 Å². The third kappa shape index (κ3) is 3.90. The van der Waals surface area contributed by atoms with Gasteiger partial charge in [-0.25, -0.2) is 4.98 Å². The first-order valence-corrected chi connectivity index (χ1v) is 10.6. The number of fused-ring (bicyclic) bond motifs is 2. The van der Waals surface area contributed by atoms with Crippen molar-refractivity contribution in [3.63, 3.8) is 0 Å². The largest absolute Gasteiger partial charge is 0.376 e. The summed E-state index contributed by atoms with van der Waals surface area (Å²) in [6.45, 7) is 0.262. The van der Waals surface area contributed by atoms with Crippen LogP contribution >= 0.6 is 11.6 Å². The second-order valence-corrected chi connectivity index (χ2v) is 7.88. The summed E-state index contributed by atoms with van der Waals surface area (Å²) in [6.07, 6.45) is 0. The molecule has 8 heteroatoms. The molecule has 33 heavy (non-hydrogen) atoms. The van der Waals surface area contributed by atoms with Crippen LogP contribution in [0, 0.1) is 0 Å². The number of aromatic nitrogens is 2. The van der Waals surface area contributed by atoms with Gasteiger partial charge in [-0.05, 0) is 29.8 Å². The summed E-state index contributed by atoms with van der Waals surface area (Å²) in [6, 6.07) is 21.0. The Morgan fingerprint density at radius 2 is 1.55 bits per heavy atom. The number of H-pyrrole nitrogens is 1. The lowest BCUT2D eigenvalue weighted by molar-refractivity contribution is 0.0974. The van der Waals surface area contributed by atoms with Gasteiger partial charge in [0.2, 0.25) is 17.5 Å². The Hall–Kier alpha value is -4.23. The van der Waals surface area contributed by atoms with Crippen LogP contribution in [0.2, 0.25) is 0 Å². The summed E-state index contributed by atoms with van der Waals surface area (Å²) >= 11 is 6.18. The van der Waals surface area contributed by atoms with Crippen LogP contribution in [0.4, 0.5) is 5.95 Å². The number of rotatable bonds is 5. The minimum absolute atomic E-state index is 0.0760. The Morgan fingerprint density at radius 1 is 0.879 bits per heavy atom. The van der Waals surface area contributed by atoms with Crippen LogP contribution in [-0.2, 0) is 6.54 Å². The van der Waals surface area contributed by atoms with E-state index in [0.717, 1.165) is 16.6 Å². The molecule has 1 amide bonds. The fraction of sp³-hybridized carbons (Fsp3) is 0.0400. The third-order valence-electron chi connectivity index (χ3n) is 5.37. The maximum atomic E-state index is 12.8. The molecule has 5 rings (SSSR count). The summed E-state index contributed by atoms with van der Waals surface area (Å²) < 4.78 is 0. The van der Waals surface area contributed by atoms with Crippen molar-refractivity contribution in [3.05, 3.63) is 106 Å².